The van der Waals surface area contributed by atoms with Gasteiger partial charge in [0.25, 0.3) is 5.91 Å². The fraction of sp³-hybridized carbons (Fsp3) is 0.586. The highest BCUT2D eigenvalue weighted by Crippen LogP contribution is 2.28. The summed E-state index contributed by atoms with van der Waals surface area (Å²) in [6.45, 7) is 10.6. The van der Waals surface area contributed by atoms with Crippen molar-refractivity contribution in [1.29, 1.82) is 0 Å². The maximum Gasteiger partial charge on any atom is 0.257 e. The molecule has 2 N–H and O–H groups in total. The van der Waals surface area contributed by atoms with Crippen LogP contribution in [0.2, 0.25) is 0 Å². The summed E-state index contributed by atoms with van der Waals surface area (Å²) in [6.07, 6.45) is 4.96. The zero-order chi connectivity index (χ0) is 25.8. The number of ether oxygens (including phenoxy) is 1. The monoisotopic (exact) mass is 507 g/mol. The first kappa shape index (κ1) is 25.9. The van der Waals surface area contributed by atoms with Crippen LogP contribution in [0.25, 0.3) is 0 Å². The number of likely N-dealkylation sites (tertiary alicyclic amines) is 2. The second-order valence-electron chi connectivity index (χ2n) is 10.5. The van der Waals surface area contributed by atoms with Gasteiger partial charge in [0.05, 0.1) is 24.5 Å². The van der Waals surface area contributed by atoms with Crippen molar-refractivity contribution in [2.75, 3.05) is 51.2 Å². The minimum atomic E-state index is -0.582. The summed E-state index contributed by atoms with van der Waals surface area (Å²) in [5.74, 6) is 1.11. The topological polar surface area (TPSA) is 81.2 Å². The number of hydrogen-bond donors (Lipinski definition) is 2. The first-order valence-corrected chi connectivity index (χ1v) is 14.0. The number of nitrogens with one attached hydrogen (secondary N) is 1. The standard InChI is InChI=1S/C29H41N5O3/c1-3-32-13-10-23(11-14-32)31-28-17-24(27(18-30-28)37-4-2)29(36)34-16-12-25(26(35)20-34)33-15-9-21-7-5-6-8-22(21)19-33/h5-8,17-18,23,25-26,35H,3-4,9-16,19-20H2,1-2H3,(H,30,31)/t25-,26-/m0/s1. The van der Waals surface area contributed by atoms with Crippen molar-refractivity contribution in [3.05, 3.63) is 53.2 Å². The number of nitrogens with zero attached hydrogens (tertiary/aromatic N) is 4. The predicted molar refractivity (Wildman–Crippen MR) is 145 cm³/mol. The molecule has 2 saturated heterocycles. The Morgan fingerprint density at radius 3 is 2.62 bits per heavy atom. The van der Waals surface area contributed by atoms with Gasteiger partial charge in [-0.15, -0.1) is 0 Å². The Balaban J connectivity index is 1.24. The van der Waals surface area contributed by atoms with E-state index < -0.39 is 6.10 Å². The first-order valence-electron chi connectivity index (χ1n) is 14.0. The molecule has 8 heteroatoms. The Labute approximate surface area is 220 Å². The number of carbonyl (C=O) groups is 1. The maximum absolute atomic E-state index is 13.7. The molecule has 0 aliphatic carbocycles. The number of piperidine rings is 2. The number of carbonyl (C=O) groups excluding carboxylic acids is 1. The van der Waals surface area contributed by atoms with E-state index in [0.29, 0.717) is 42.9 Å². The number of hydrogen-bond acceptors (Lipinski definition) is 7. The van der Waals surface area contributed by atoms with Crippen LogP contribution in [0.3, 0.4) is 0 Å². The van der Waals surface area contributed by atoms with Crippen LogP contribution in [0, 0.1) is 0 Å². The fourth-order valence-corrected chi connectivity index (χ4v) is 6.06. The van der Waals surface area contributed by atoms with Gasteiger partial charge in [0.15, 0.2) is 0 Å². The summed E-state index contributed by atoms with van der Waals surface area (Å²) in [4.78, 5) is 24.8. The average molecular weight is 508 g/mol. The van der Waals surface area contributed by atoms with E-state index in [1.807, 2.05) is 13.0 Å². The molecule has 8 nitrogen and oxygen atoms in total. The molecule has 1 amide bonds. The Hall–Kier alpha value is -2.68. The summed E-state index contributed by atoms with van der Waals surface area (Å²) < 4.78 is 5.78. The van der Waals surface area contributed by atoms with Crippen LogP contribution in [0.15, 0.2) is 36.5 Å². The number of aliphatic hydroxyl groups excluding tert-OH is 1. The van der Waals surface area contributed by atoms with Crippen molar-refractivity contribution >= 4 is 11.7 Å². The highest BCUT2D eigenvalue weighted by atomic mass is 16.5. The van der Waals surface area contributed by atoms with Crippen LogP contribution < -0.4 is 10.1 Å². The van der Waals surface area contributed by atoms with E-state index in [2.05, 4.69) is 51.3 Å². The van der Waals surface area contributed by atoms with Gasteiger partial charge >= 0.3 is 0 Å². The summed E-state index contributed by atoms with van der Waals surface area (Å²) in [5, 5.41) is 14.7. The Kier molecular flexibility index (Phi) is 8.27. The molecule has 1 aromatic heterocycles. The van der Waals surface area contributed by atoms with Gasteiger partial charge in [-0.25, -0.2) is 4.98 Å². The lowest BCUT2D eigenvalue weighted by molar-refractivity contribution is -0.0138. The van der Waals surface area contributed by atoms with Crippen LogP contribution in [-0.2, 0) is 13.0 Å². The van der Waals surface area contributed by atoms with E-state index in [0.717, 1.165) is 58.4 Å². The lowest BCUT2D eigenvalue weighted by atomic mass is 9.94. The van der Waals surface area contributed by atoms with Crippen molar-refractivity contribution in [2.24, 2.45) is 0 Å². The number of benzene rings is 1. The molecule has 1 aromatic carbocycles. The predicted octanol–water partition coefficient (Wildman–Crippen LogP) is 3.01. The molecule has 2 aromatic rings. The Bertz CT molecular complexity index is 1070. The number of anilines is 1. The van der Waals surface area contributed by atoms with Crippen LogP contribution in [-0.4, -0.2) is 94.8 Å². The number of amides is 1. The molecule has 37 heavy (non-hydrogen) atoms. The third-order valence-corrected chi connectivity index (χ3v) is 8.25. The third kappa shape index (κ3) is 5.92. The largest absolute Gasteiger partial charge is 0.491 e. The first-order chi connectivity index (χ1) is 18.1. The molecule has 2 fully saturated rings. The highest BCUT2D eigenvalue weighted by molar-refractivity contribution is 5.97. The third-order valence-electron chi connectivity index (χ3n) is 8.25. The summed E-state index contributed by atoms with van der Waals surface area (Å²) in [6, 6.07) is 10.8. The SMILES string of the molecule is CCOc1cnc(NC2CCN(CC)CC2)cc1C(=O)N1CC[C@H](N2CCc3ccccc3C2)[C@@H](O)C1. The Morgan fingerprint density at radius 2 is 1.89 bits per heavy atom. The van der Waals surface area contributed by atoms with E-state index in [1.54, 1.807) is 11.1 Å². The van der Waals surface area contributed by atoms with Gasteiger partial charge in [0.2, 0.25) is 0 Å². The molecule has 4 heterocycles. The number of pyridine rings is 1. The van der Waals surface area contributed by atoms with Gasteiger partial charge in [0, 0.05) is 51.4 Å². The molecule has 0 saturated carbocycles. The second-order valence-corrected chi connectivity index (χ2v) is 10.5. The summed E-state index contributed by atoms with van der Waals surface area (Å²) >= 11 is 0. The quantitative estimate of drug-likeness (QED) is 0.596. The molecule has 3 aliphatic heterocycles. The molecule has 0 unspecified atom stereocenters. The second kappa shape index (κ2) is 11.8. The highest BCUT2D eigenvalue weighted by Gasteiger charge is 2.36. The van der Waals surface area contributed by atoms with Crippen molar-refractivity contribution < 1.29 is 14.6 Å². The van der Waals surface area contributed by atoms with E-state index in [4.69, 9.17) is 4.74 Å². The number of fused-ring (bicyclic) bond motifs is 1. The zero-order valence-corrected chi connectivity index (χ0v) is 22.2. The van der Waals surface area contributed by atoms with Crippen LogP contribution >= 0.6 is 0 Å². The molecular formula is C29H41N5O3. The van der Waals surface area contributed by atoms with Crippen LogP contribution in [0.5, 0.6) is 5.75 Å². The smallest absolute Gasteiger partial charge is 0.257 e. The van der Waals surface area contributed by atoms with Crippen LogP contribution in [0.1, 0.15) is 54.6 Å². The van der Waals surface area contributed by atoms with Gasteiger partial charge in [0.1, 0.15) is 11.6 Å². The van der Waals surface area contributed by atoms with Crippen molar-refractivity contribution in [3.63, 3.8) is 0 Å². The van der Waals surface area contributed by atoms with E-state index in [-0.39, 0.29) is 11.9 Å². The maximum atomic E-state index is 13.7. The van der Waals surface area contributed by atoms with Crippen molar-refractivity contribution in [1.82, 2.24) is 19.7 Å². The summed E-state index contributed by atoms with van der Waals surface area (Å²) in [7, 11) is 0. The van der Waals surface area contributed by atoms with Crippen molar-refractivity contribution in [2.45, 2.75) is 64.3 Å². The molecule has 0 bridgehead atoms. The molecule has 0 spiro atoms. The van der Waals surface area contributed by atoms with Crippen molar-refractivity contribution in [3.8, 4) is 5.75 Å². The molecule has 0 radical (unpaired) electrons. The molecule has 2 atom stereocenters. The minimum absolute atomic E-state index is 0.0624. The van der Waals surface area contributed by atoms with Gasteiger partial charge in [-0.05, 0) is 56.3 Å². The normalized spacial score (nSPS) is 23.5. The lowest BCUT2D eigenvalue weighted by Gasteiger charge is -2.43. The van der Waals surface area contributed by atoms with E-state index in [9.17, 15) is 9.90 Å². The zero-order valence-electron chi connectivity index (χ0n) is 22.2. The van der Waals surface area contributed by atoms with E-state index in [1.165, 1.54) is 11.1 Å². The van der Waals surface area contributed by atoms with Gasteiger partial charge in [-0.3, -0.25) is 9.69 Å². The number of β-amino-alcohol motifs (C(OH)–C–C–N with tert-alkyl or cyclic N) is 1. The Morgan fingerprint density at radius 1 is 1.11 bits per heavy atom. The van der Waals surface area contributed by atoms with Gasteiger partial charge < -0.3 is 25.0 Å². The average Bonchev–Trinajstić information content (AvgIpc) is 2.93. The molecule has 5 rings (SSSR count). The summed E-state index contributed by atoms with van der Waals surface area (Å²) in [5.41, 5.74) is 3.27. The fourth-order valence-electron chi connectivity index (χ4n) is 6.06. The van der Waals surface area contributed by atoms with Gasteiger partial charge in [-0.2, -0.15) is 0 Å². The lowest BCUT2D eigenvalue weighted by Crippen LogP contribution is -2.56. The van der Waals surface area contributed by atoms with Crippen LogP contribution in [0.4, 0.5) is 5.82 Å². The molecule has 200 valence electrons. The molecule has 3 aliphatic rings. The molecular weight excluding hydrogens is 466 g/mol. The van der Waals surface area contributed by atoms with Gasteiger partial charge in [-0.1, -0.05) is 31.2 Å². The van der Waals surface area contributed by atoms with E-state index >= 15 is 0 Å². The number of aliphatic hydroxyl groups is 1. The minimum Gasteiger partial charge on any atom is -0.491 e. The number of aromatic nitrogens is 1. The number of rotatable bonds is 7.